The minimum atomic E-state index is -0.328. The topological polar surface area (TPSA) is 51.4 Å². The standard InChI is InChI=1S/C24H29FN4O/c1-16-7-8-21(25)20-14-22(27-23(16)20)24(30)26-18-5-4-6-19(13-18)29-11-9-17(10-12-29)15-28(2)3/h4-8,13-14,17,27H,9-12,15H2,1-3H3,(H,26,30). The minimum Gasteiger partial charge on any atom is -0.371 e. The number of aryl methyl sites for hydroxylation is 1. The van der Waals surface area contributed by atoms with E-state index < -0.39 is 0 Å². The summed E-state index contributed by atoms with van der Waals surface area (Å²) in [5.41, 5.74) is 3.78. The number of rotatable bonds is 5. The number of nitrogens with zero attached hydrogens (tertiary/aromatic N) is 2. The molecule has 1 aromatic heterocycles. The summed E-state index contributed by atoms with van der Waals surface area (Å²) in [5, 5.41) is 3.39. The first kappa shape index (κ1) is 20.4. The lowest BCUT2D eigenvalue weighted by Crippen LogP contribution is -2.37. The Morgan fingerprint density at radius 1 is 1.20 bits per heavy atom. The third-order valence-corrected chi connectivity index (χ3v) is 5.90. The van der Waals surface area contributed by atoms with Crippen molar-refractivity contribution in [1.82, 2.24) is 9.88 Å². The molecule has 0 bridgehead atoms. The lowest BCUT2D eigenvalue weighted by molar-refractivity contribution is 0.102. The second kappa shape index (κ2) is 8.48. The van der Waals surface area contributed by atoms with Gasteiger partial charge in [0.2, 0.25) is 0 Å². The van der Waals surface area contributed by atoms with E-state index in [4.69, 9.17) is 0 Å². The molecule has 158 valence electrons. The van der Waals surface area contributed by atoms with Crippen LogP contribution in [0.1, 0.15) is 28.9 Å². The van der Waals surface area contributed by atoms with Crippen molar-refractivity contribution in [3.8, 4) is 0 Å². The van der Waals surface area contributed by atoms with Crippen LogP contribution in [-0.2, 0) is 0 Å². The number of carbonyl (C=O) groups is 1. The van der Waals surface area contributed by atoms with Crippen LogP contribution in [-0.4, -0.2) is 49.5 Å². The average molecular weight is 409 g/mol. The van der Waals surface area contributed by atoms with E-state index in [0.717, 1.165) is 42.5 Å². The van der Waals surface area contributed by atoms with E-state index in [9.17, 15) is 9.18 Å². The van der Waals surface area contributed by atoms with Crippen LogP contribution in [0, 0.1) is 18.7 Å². The summed E-state index contributed by atoms with van der Waals surface area (Å²) in [6.45, 7) is 5.08. The highest BCUT2D eigenvalue weighted by molar-refractivity contribution is 6.06. The molecule has 5 nitrogen and oxygen atoms in total. The fraction of sp³-hybridized carbons (Fsp3) is 0.375. The average Bonchev–Trinajstić information content (AvgIpc) is 3.18. The number of halogens is 1. The third-order valence-electron chi connectivity index (χ3n) is 5.90. The van der Waals surface area contributed by atoms with Gasteiger partial charge in [-0.05, 0) is 75.7 Å². The molecule has 0 unspecified atom stereocenters. The second-order valence-electron chi connectivity index (χ2n) is 8.53. The van der Waals surface area contributed by atoms with Gasteiger partial charge in [-0.3, -0.25) is 4.79 Å². The lowest BCUT2D eigenvalue weighted by atomic mass is 9.96. The summed E-state index contributed by atoms with van der Waals surface area (Å²) in [6, 6.07) is 12.7. The Balaban J connectivity index is 1.45. The van der Waals surface area contributed by atoms with Gasteiger partial charge < -0.3 is 20.1 Å². The van der Waals surface area contributed by atoms with Gasteiger partial charge in [0.1, 0.15) is 11.5 Å². The number of hydrogen-bond acceptors (Lipinski definition) is 3. The summed E-state index contributed by atoms with van der Waals surface area (Å²) in [6.07, 6.45) is 2.35. The van der Waals surface area contributed by atoms with Crippen molar-refractivity contribution in [3.63, 3.8) is 0 Å². The highest BCUT2D eigenvalue weighted by Gasteiger charge is 2.20. The van der Waals surface area contributed by atoms with Crippen LogP contribution in [0.2, 0.25) is 0 Å². The largest absolute Gasteiger partial charge is 0.371 e. The first-order valence-electron chi connectivity index (χ1n) is 10.5. The molecule has 2 aromatic carbocycles. The molecule has 2 heterocycles. The molecular weight excluding hydrogens is 379 g/mol. The molecule has 6 heteroatoms. The Morgan fingerprint density at radius 2 is 1.97 bits per heavy atom. The van der Waals surface area contributed by atoms with Crippen molar-refractivity contribution in [3.05, 3.63) is 59.5 Å². The number of anilines is 2. The number of nitrogens with one attached hydrogen (secondary N) is 2. The SMILES string of the molecule is Cc1ccc(F)c2cc(C(=O)Nc3cccc(N4CCC(CN(C)C)CC4)c3)[nH]c12. The quantitative estimate of drug-likeness (QED) is 0.646. The number of hydrogen-bond donors (Lipinski definition) is 2. The van der Waals surface area contributed by atoms with Crippen molar-refractivity contribution in [2.75, 3.05) is 43.9 Å². The normalized spacial score (nSPS) is 15.2. The van der Waals surface area contributed by atoms with Crippen molar-refractivity contribution < 1.29 is 9.18 Å². The van der Waals surface area contributed by atoms with Gasteiger partial charge in [0.25, 0.3) is 5.91 Å². The molecule has 1 aliphatic heterocycles. The zero-order chi connectivity index (χ0) is 21.3. The van der Waals surface area contributed by atoms with Gasteiger partial charge in [-0.1, -0.05) is 12.1 Å². The molecule has 1 saturated heterocycles. The lowest BCUT2D eigenvalue weighted by Gasteiger charge is -2.34. The molecule has 0 aliphatic carbocycles. The van der Waals surface area contributed by atoms with E-state index in [-0.39, 0.29) is 11.7 Å². The van der Waals surface area contributed by atoms with E-state index in [1.807, 2.05) is 25.1 Å². The molecule has 0 radical (unpaired) electrons. The number of aromatic amines is 1. The predicted octanol–water partition coefficient (Wildman–Crippen LogP) is 4.65. The molecule has 30 heavy (non-hydrogen) atoms. The zero-order valence-electron chi connectivity index (χ0n) is 17.8. The number of piperidine rings is 1. The Kier molecular flexibility index (Phi) is 5.77. The fourth-order valence-corrected chi connectivity index (χ4v) is 4.32. The van der Waals surface area contributed by atoms with Crippen molar-refractivity contribution in [2.45, 2.75) is 19.8 Å². The van der Waals surface area contributed by atoms with Crippen LogP contribution in [0.3, 0.4) is 0 Å². The maximum atomic E-state index is 14.1. The molecule has 1 amide bonds. The van der Waals surface area contributed by atoms with Gasteiger partial charge in [0, 0.05) is 36.4 Å². The summed E-state index contributed by atoms with van der Waals surface area (Å²) in [4.78, 5) is 20.4. The van der Waals surface area contributed by atoms with Gasteiger partial charge in [-0.2, -0.15) is 0 Å². The maximum absolute atomic E-state index is 14.1. The first-order chi connectivity index (χ1) is 14.4. The molecule has 0 saturated carbocycles. The number of fused-ring (bicyclic) bond motifs is 1. The maximum Gasteiger partial charge on any atom is 0.272 e. The summed E-state index contributed by atoms with van der Waals surface area (Å²) in [7, 11) is 4.25. The van der Waals surface area contributed by atoms with E-state index in [2.05, 4.69) is 40.3 Å². The molecule has 4 rings (SSSR count). The monoisotopic (exact) mass is 408 g/mol. The van der Waals surface area contributed by atoms with Gasteiger partial charge >= 0.3 is 0 Å². The van der Waals surface area contributed by atoms with Gasteiger partial charge in [0.15, 0.2) is 0 Å². The van der Waals surface area contributed by atoms with E-state index in [1.54, 1.807) is 12.1 Å². The zero-order valence-corrected chi connectivity index (χ0v) is 17.8. The smallest absolute Gasteiger partial charge is 0.272 e. The third kappa shape index (κ3) is 4.33. The number of H-pyrrole nitrogens is 1. The molecule has 0 atom stereocenters. The highest BCUT2D eigenvalue weighted by atomic mass is 19.1. The van der Waals surface area contributed by atoms with E-state index in [1.165, 1.54) is 18.9 Å². The Hall–Kier alpha value is -2.86. The van der Waals surface area contributed by atoms with Crippen molar-refractivity contribution >= 4 is 28.2 Å². The van der Waals surface area contributed by atoms with Gasteiger partial charge in [-0.15, -0.1) is 0 Å². The van der Waals surface area contributed by atoms with Crippen LogP contribution >= 0.6 is 0 Å². The van der Waals surface area contributed by atoms with Crippen molar-refractivity contribution in [2.24, 2.45) is 5.92 Å². The van der Waals surface area contributed by atoms with E-state index in [0.29, 0.717) is 16.6 Å². The summed E-state index contributed by atoms with van der Waals surface area (Å²) in [5.74, 6) is 0.141. The molecule has 3 aromatic rings. The van der Waals surface area contributed by atoms with E-state index >= 15 is 0 Å². The summed E-state index contributed by atoms with van der Waals surface area (Å²) >= 11 is 0. The fourth-order valence-electron chi connectivity index (χ4n) is 4.32. The predicted molar refractivity (Wildman–Crippen MR) is 121 cm³/mol. The Labute approximate surface area is 176 Å². The molecule has 1 fully saturated rings. The van der Waals surface area contributed by atoms with Gasteiger partial charge in [-0.25, -0.2) is 4.39 Å². The van der Waals surface area contributed by atoms with Crippen LogP contribution in [0.4, 0.5) is 15.8 Å². The first-order valence-corrected chi connectivity index (χ1v) is 10.5. The highest BCUT2D eigenvalue weighted by Crippen LogP contribution is 2.27. The Morgan fingerprint density at radius 3 is 2.67 bits per heavy atom. The molecular formula is C24H29FN4O. The molecule has 0 spiro atoms. The van der Waals surface area contributed by atoms with Crippen LogP contribution in [0.25, 0.3) is 10.9 Å². The number of carbonyl (C=O) groups excluding carboxylic acids is 1. The second-order valence-corrected chi connectivity index (χ2v) is 8.53. The summed E-state index contributed by atoms with van der Waals surface area (Å²) < 4.78 is 14.1. The van der Waals surface area contributed by atoms with Crippen LogP contribution in [0.5, 0.6) is 0 Å². The van der Waals surface area contributed by atoms with Crippen LogP contribution < -0.4 is 10.2 Å². The van der Waals surface area contributed by atoms with Gasteiger partial charge in [0.05, 0.1) is 5.52 Å². The van der Waals surface area contributed by atoms with Crippen LogP contribution in [0.15, 0.2) is 42.5 Å². The number of amides is 1. The minimum absolute atomic E-state index is 0.271. The Bertz CT molecular complexity index is 1010. The molecule has 1 aliphatic rings. The number of aromatic nitrogens is 1. The molecule has 2 N–H and O–H groups in total. The van der Waals surface area contributed by atoms with Crippen molar-refractivity contribution in [1.29, 1.82) is 0 Å². The number of benzene rings is 2.